The Morgan fingerprint density at radius 1 is 1.15 bits per heavy atom. The van der Waals surface area contributed by atoms with Gasteiger partial charge in [0.25, 0.3) is 11.5 Å². The fourth-order valence-corrected chi connectivity index (χ4v) is 2.82. The summed E-state index contributed by atoms with van der Waals surface area (Å²) < 4.78 is 11.6. The lowest BCUT2D eigenvalue weighted by Gasteiger charge is -2.15. The minimum Gasteiger partial charge on any atom is -0.354 e. The second-order valence-corrected chi connectivity index (χ2v) is 5.96. The number of fused-ring (bicyclic) bond motifs is 1. The van der Waals surface area contributed by atoms with Gasteiger partial charge in [0.1, 0.15) is 11.2 Å². The summed E-state index contributed by atoms with van der Waals surface area (Å²) in [7, 11) is 2.96. The summed E-state index contributed by atoms with van der Waals surface area (Å²) in [6.45, 7) is 0.460. The van der Waals surface area contributed by atoms with Gasteiger partial charge in [-0.1, -0.05) is 30.3 Å². The number of benzene rings is 1. The molecule has 0 radical (unpaired) electrons. The molecular weight excluding hydrogens is 346 g/mol. The number of aromatic nitrogens is 2. The zero-order chi connectivity index (χ0) is 19.2. The Morgan fingerprint density at radius 3 is 2.59 bits per heavy atom. The molecule has 27 heavy (non-hydrogen) atoms. The highest BCUT2D eigenvalue weighted by molar-refractivity contribution is 5.96. The van der Waals surface area contributed by atoms with Crippen molar-refractivity contribution in [2.45, 2.75) is 12.8 Å². The van der Waals surface area contributed by atoms with Gasteiger partial charge in [-0.05, 0) is 23.8 Å². The molecule has 7 nitrogen and oxygen atoms in total. The third kappa shape index (κ3) is 4.21. The van der Waals surface area contributed by atoms with Crippen LogP contribution in [-0.4, -0.2) is 42.5 Å². The number of ether oxygens (including phenoxy) is 2. The summed E-state index contributed by atoms with van der Waals surface area (Å²) >= 11 is 0. The number of methoxy groups -OCH3 is 2. The van der Waals surface area contributed by atoms with Crippen LogP contribution in [0, 0.1) is 0 Å². The molecule has 0 aliphatic rings. The van der Waals surface area contributed by atoms with Crippen molar-refractivity contribution in [2.24, 2.45) is 0 Å². The first-order valence-corrected chi connectivity index (χ1v) is 8.50. The lowest BCUT2D eigenvalue weighted by atomic mass is 10.1. The number of hydrogen-bond acceptors (Lipinski definition) is 5. The average molecular weight is 367 g/mol. The monoisotopic (exact) mass is 367 g/mol. The number of carbonyl (C=O) groups is 1. The van der Waals surface area contributed by atoms with Gasteiger partial charge in [0.15, 0.2) is 6.29 Å². The van der Waals surface area contributed by atoms with Gasteiger partial charge in [0.05, 0.1) is 13.1 Å². The summed E-state index contributed by atoms with van der Waals surface area (Å²) in [6, 6.07) is 14.7. The van der Waals surface area contributed by atoms with E-state index in [1.54, 1.807) is 18.3 Å². The van der Waals surface area contributed by atoms with E-state index in [-0.39, 0.29) is 12.1 Å². The maximum Gasteiger partial charge on any atom is 0.265 e. The predicted octanol–water partition coefficient (Wildman–Crippen LogP) is 1.79. The molecular formula is C20H21N3O4. The smallest absolute Gasteiger partial charge is 0.265 e. The van der Waals surface area contributed by atoms with Gasteiger partial charge in [0, 0.05) is 25.8 Å². The lowest BCUT2D eigenvalue weighted by molar-refractivity contribution is -0.0974. The van der Waals surface area contributed by atoms with Crippen molar-refractivity contribution < 1.29 is 14.3 Å². The van der Waals surface area contributed by atoms with Crippen molar-refractivity contribution in [3.05, 3.63) is 76.2 Å². The van der Waals surface area contributed by atoms with E-state index in [2.05, 4.69) is 10.3 Å². The summed E-state index contributed by atoms with van der Waals surface area (Å²) in [6.07, 6.45) is 1.05. The van der Waals surface area contributed by atoms with Gasteiger partial charge in [-0.2, -0.15) is 0 Å². The Labute approximate surface area is 156 Å². The molecule has 1 amide bonds. The van der Waals surface area contributed by atoms with Crippen LogP contribution in [0.25, 0.3) is 11.0 Å². The molecule has 1 aromatic carbocycles. The maximum atomic E-state index is 13.0. The topological polar surface area (TPSA) is 82.5 Å². The van der Waals surface area contributed by atoms with E-state index in [1.165, 1.54) is 18.8 Å². The SMILES string of the molecule is COC(CNC(=O)c1cc2cccnc2n(Cc2ccccc2)c1=O)OC. The van der Waals surface area contributed by atoms with Crippen molar-refractivity contribution in [2.75, 3.05) is 20.8 Å². The molecule has 0 aliphatic heterocycles. The minimum absolute atomic E-state index is 0.0531. The van der Waals surface area contributed by atoms with Crippen molar-refractivity contribution in [1.82, 2.24) is 14.9 Å². The number of rotatable bonds is 7. The number of hydrogen-bond donors (Lipinski definition) is 1. The second kappa shape index (κ2) is 8.57. The highest BCUT2D eigenvalue weighted by atomic mass is 16.7. The highest BCUT2D eigenvalue weighted by Gasteiger charge is 2.17. The molecule has 2 aromatic heterocycles. The molecule has 0 bridgehead atoms. The van der Waals surface area contributed by atoms with Crippen molar-refractivity contribution in [3.63, 3.8) is 0 Å². The average Bonchev–Trinajstić information content (AvgIpc) is 2.71. The number of carbonyl (C=O) groups excluding carboxylic acids is 1. The summed E-state index contributed by atoms with van der Waals surface area (Å²) in [5.41, 5.74) is 1.14. The van der Waals surface area contributed by atoms with Crippen LogP contribution in [0.5, 0.6) is 0 Å². The first-order valence-electron chi connectivity index (χ1n) is 8.50. The van der Waals surface area contributed by atoms with Crippen LogP contribution >= 0.6 is 0 Å². The van der Waals surface area contributed by atoms with Crippen LogP contribution < -0.4 is 10.9 Å². The van der Waals surface area contributed by atoms with Crippen molar-refractivity contribution >= 4 is 16.9 Å². The standard InChI is InChI=1S/C20H21N3O4/c1-26-17(27-2)12-22-19(24)16-11-15-9-6-10-21-18(15)23(20(16)25)13-14-7-4-3-5-8-14/h3-11,17H,12-13H2,1-2H3,(H,22,24). The fourth-order valence-electron chi connectivity index (χ4n) is 2.82. The maximum absolute atomic E-state index is 13.0. The first-order chi connectivity index (χ1) is 13.1. The Balaban J connectivity index is 2.00. The Kier molecular flexibility index (Phi) is 5.95. The van der Waals surface area contributed by atoms with Gasteiger partial charge in [-0.15, -0.1) is 0 Å². The van der Waals surface area contributed by atoms with E-state index >= 15 is 0 Å². The van der Waals surface area contributed by atoms with E-state index < -0.39 is 17.8 Å². The van der Waals surface area contributed by atoms with Crippen LogP contribution in [-0.2, 0) is 16.0 Å². The van der Waals surface area contributed by atoms with Crippen molar-refractivity contribution in [1.29, 1.82) is 0 Å². The quantitative estimate of drug-likeness (QED) is 0.644. The van der Waals surface area contributed by atoms with E-state index in [4.69, 9.17) is 9.47 Å². The van der Waals surface area contributed by atoms with Crippen LogP contribution in [0.3, 0.4) is 0 Å². The fraction of sp³-hybridized carbons (Fsp3) is 0.250. The van der Waals surface area contributed by atoms with Gasteiger partial charge in [-0.25, -0.2) is 4.98 Å². The molecule has 1 N–H and O–H groups in total. The zero-order valence-corrected chi connectivity index (χ0v) is 15.2. The Hall–Kier alpha value is -3.03. The molecule has 0 saturated heterocycles. The molecule has 2 heterocycles. The molecule has 0 spiro atoms. The van der Waals surface area contributed by atoms with Crippen LogP contribution in [0.1, 0.15) is 15.9 Å². The molecule has 140 valence electrons. The molecule has 0 aliphatic carbocycles. The van der Waals surface area contributed by atoms with E-state index in [9.17, 15) is 9.59 Å². The number of nitrogens with one attached hydrogen (secondary N) is 1. The molecule has 0 unspecified atom stereocenters. The molecule has 0 fully saturated rings. The Morgan fingerprint density at radius 2 is 1.89 bits per heavy atom. The molecule has 0 atom stereocenters. The Bertz CT molecular complexity index is 981. The third-order valence-electron chi connectivity index (χ3n) is 4.23. The van der Waals surface area contributed by atoms with Gasteiger partial charge >= 0.3 is 0 Å². The van der Waals surface area contributed by atoms with Gasteiger partial charge < -0.3 is 14.8 Å². The van der Waals surface area contributed by atoms with Gasteiger partial charge in [0.2, 0.25) is 0 Å². The van der Waals surface area contributed by atoms with Crippen LogP contribution in [0.15, 0.2) is 59.5 Å². The van der Waals surface area contributed by atoms with Gasteiger partial charge in [-0.3, -0.25) is 14.2 Å². The van der Waals surface area contributed by atoms with Crippen LogP contribution in [0.4, 0.5) is 0 Å². The second-order valence-electron chi connectivity index (χ2n) is 5.96. The van der Waals surface area contributed by atoms with E-state index in [0.29, 0.717) is 17.6 Å². The van der Waals surface area contributed by atoms with E-state index in [1.807, 2.05) is 36.4 Å². The lowest BCUT2D eigenvalue weighted by Crippen LogP contribution is -2.38. The largest absolute Gasteiger partial charge is 0.354 e. The number of nitrogens with zero attached hydrogens (tertiary/aromatic N) is 2. The summed E-state index contributed by atoms with van der Waals surface area (Å²) in [5.74, 6) is -0.480. The molecule has 0 saturated carbocycles. The summed E-state index contributed by atoms with van der Waals surface area (Å²) in [4.78, 5) is 29.9. The third-order valence-corrected chi connectivity index (χ3v) is 4.23. The normalized spacial score (nSPS) is 11.1. The van der Waals surface area contributed by atoms with Crippen molar-refractivity contribution in [3.8, 4) is 0 Å². The number of pyridine rings is 2. The minimum atomic E-state index is -0.581. The first kappa shape index (κ1) is 18.8. The van der Waals surface area contributed by atoms with Crippen LogP contribution in [0.2, 0.25) is 0 Å². The molecule has 7 heteroatoms. The molecule has 3 aromatic rings. The predicted molar refractivity (Wildman–Crippen MR) is 102 cm³/mol. The zero-order valence-electron chi connectivity index (χ0n) is 15.2. The summed E-state index contributed by atoms with van der Waals surface area (Å²) in [5, 5.41) is 3.39. The highest BCUT2D eigenvalue weighted by Crippen LogP contribution is 2.13. The molecule has 3 rings (SSSR count). The van der Waals surface area contributed by atoms with E-state index in [0.717, 1.165) is 5.56 Å². The number of amides is 1.